The van der Waals surface area contributed by atoms with Crippen LogP contribution in [0.4, 0.5) is 0 Å². The lowest BCUT2D eigenvalue weighted by atomic mass is 10.00. The summed E-state index contributed by atoms with van der Waals surface area (Å²) >= 11 is 0. The number of carbonyl (C=O) groups is 2. The van der Waals surface area contributed by atoms with Gasteiger partial charge < -0.3 is 34.3 Å². The maximum atomic E-state index is 12.8. The van der Waals surface area contributed by atoms with E-state index in [0.717, 1.165) is 57.8 Å². The highest BCUT2D eigenvalue weighted by Gasteiger charge is 2.46. The first-order valence-electron chi connectivity index (χ1n) is 23.0. The molecule has 1 heterocycles. The summed E-state index contributed by atoms with van der Waals surface area (Å²) < 4.78 is 54.0. The van der Waals surface area contributed by atoms with E-state index < -0.39 is 71.2 Å². The lowest BCUT2D eigenvalue weighted by Gasteiger charge is -2.40. The van der Waals surface area contributed by atoms with Gasteiger partial charge in [0.1, 0.15) is 36.8 Å². The number of aliphatic hydroxyl groups excluding tert-OH is 3. The van der Waals surface area contributed by atoms with Gasteiger partial charge in [-0.3, -0.25) is 14.1 Å². The fraction of sp³-hybridized carbons (Fsp3) is 0.826. The summed E-state index contributed by atoms with van der Waals surface area (Å²) in [5.41, 5.74) is 0. The van der Waals surface area contributed by atoms with Crippen molar-refractivity contribution in [3.63, 3.8) is 0 Å². The third-order valence-corrected chi connectivity index (χ3v) is 11.2. The minimum atomic E-state index is -4.60. The molecule has 6 atom stereocenters. The van der Waals surface area contributed by atoms with Gasteiger partial charge in [0.2, 0.25) is 0 Å². The molecule has 0 spiro atoms. The van der Waals surface area contributed by atoms with Crippen molar-refractivity contribution in [3.8, 4) is 0 Å². The predicted molar refractivity (Wildman–Crippen MR) is 233 cm³/mol. The SMILES string of the molecule is CC/C=C\C/C=C\C/C=C\CCCCCC(=O)OC(COC(=O)CCCCCCCCCCCCCCCCCCCC)COC1OC(CS(=O)(=O)O)C(O)C(O)C1O. The van der Waals surface area contributed by atoms with Crippen molar-refractivity contribution >= 4 is 22.1 Å². The zero-order valence-electron chi connectivity index (χ0n) is 36.6. The molecule has 6 unspecified atom stereocenters. The lowest BCUT2D eigenvalue weighted by molar-refractivity contribution is -0.297. The highest BCUT2D eigenvalue weighted by molar-refractivity contribution is 7.85. The van der Waals surface area contributed by atoms with Gasteiger partial charge in [0.25, 0.3) is 10.1 Å². The third kappa shape index (κ3) is 31.4. The van der Waals surface area contributed by atoms with E-state index in [1.165, 1.54) is 89.9 Å². The van der Waals surface area contributed by atoms with Gasteiger partial charge in [-0.2, -0.15) is 8.42 Å². The molecule has 1 rings (SSSR count). The van der Waals surface area contributed by atoms with Crippen LogP contribution in [0.3, 0.4) is 0 Å². The van der Waals surface area contributed by atoms with E-state index in [0.29, 0.717) is 12.8 Å². The molecule has 0 bridgehead atoms. The number of hydrogen-bond donors (Lipinski definition) is 4. The maximum absolute atomic E-state index is 12.8. The van der Waals surface area contributed by atoms with Gasteiger partial charge in [-0.1, -0.05) is 166 Å². The van der Waals surface area contributed by atoms with Crippen LogP contribution in [0.2, 0.25) is 0 Å². The molecule has 1 saturated heterocycles. The second-order valence-corrected chi connectivity index (χ2v) is 17.5. The Bertz CT molecular complexity index is 1240. The lowest BCUT2D eigenvalue weighted by Crippen LogP contribution is -2.60. The molecule has 0 radical (unpaired) electrons. The van der Waals surface area contributed by atoms with E-state index in [1.54, 1.807) is 0 Å². The van der Waals surface area contributed by atoms with E-state index in [4.69, 9.17) is 18.9 Å². The molecular formula is C46H82O12S. The Labute approximate surface area is 357 Å². The monoisotopic (exact) mass is 859 g/mol. The molecule has 0 aromatic heterocycles. The second-order valence-electron chi connectivity index (χ2n) is 16.0. The van der Waals surface area contributed by atoms with Gasteiger partial charge in [-0.15, -0.1) is 0 Å². The molecule has 13 heteroatoms. The van der Waals surface area contributed by atoms with Gasteiger partial charge in [0, 0.05) is 12.8 Å². The highest BCUT2D eigenvalue weighted by atomic mass is 32.2. The fourth-order valence-corrected chi connectivity index (χ4v) is 7.62. The minimum absolute atomic E-state index is 0.130. The number of ether oxygens (including phenoxy) is 4. The van der Waals surface area contributed by atoms with Crippen LogP contribution in [-0.4, -0.2) is 96.0 Å². The van der Waals surface area contributed by atoms with Gasteiger partial charge in [0.05, 0.1) is 6.61 Å². The fourth-order valence-electron chi connectivity index (χ4n) is 6.93. The van der Waals surface area contributed by atoms with Crippen molar-refractivity contribution in [3.05, 3.63) is 36.5 Å². The Balaban J connectivity index is 2.42. The molecule has 59 heavy (non-hydrogen) atoms. The first kappa shape index (κ1) is 54.9. The van der Waals surface area contributed by atoms with Crippen molar-refractivity contribution in [2.45, 2.75) is 224 Å². The molecule has 1 aliphatic heterocycles. The van der Waals surface area contributed by atoms with Gasteiger partial charge in [0.15, 0.2) is 12.4 Å². The second kappa shape index (κ2) is 36.5. The van der Waals surface area contributed by atoms with Gasteiger partial charge in [-0.05, 0) is 44.9 Å². The first-order valence-corrected chi connectivity index (χ1v) is 24.7. The van der Waals surface area contributed by atoms with Crippen LogP contribution in [0.15, 0.2) is 36.5 Å². The minimum Gasteiger partial charge on any atom is -0.462 e. The maximum Gasteiger partial charge on any atom is 0.306 e. The zero-order valence-corrected chi connectivity index (χ0v) is 37.4. The quantitative estimate of drug-likeness (QED) is 0.0200. The Morgan fingerprint density at radius 1 is 0.593 bits per heavy atom. The molecule has 0 aromatic rings. The van der Waals surface area contributed by atoms with E-state index in [-0.39, 0.29) is 19.4 Å². The Kier molecular flexibility index (Phi) is 34.0. The van der Waals surface area contributed by atoms with Crippen molar-refractivity contribution in [2.24, 2.45) is 0 Å². The van der Waals surface area contributed by atoms with E-state index in [9.17, 15) is 37.9 Å². The highest BCUT2D eigenvalue weighted by Crippen LogP contribution is 2.24. The predicted octanol–water partition coefficient (Wildman–Crippen LogP) is 9.39. The Morgan fingerprint density at radius 3 is 1.59 bits per heavy atom. The summed E-state index contributed by atoms with van der Waals surface area (Å²) in [6.45, 7) is 3.63. The van der Waals surface area contributed by atoms with Gasteiger partial charge >= 0.3 is 11.9 Å². The normalized spacial score (nSPS) is 20.5. The number of carbonyl (C=O) groups excluding carboxylic acids is 2. The number of hydrogen-bond acceptors (Lipinski definition) is 11. The number of esters is 2. The van der Waals surface area contributed by atoms with Crippen molar-refractivity contribution < 1.29 is 56.8 Å². The van der Waals surface area contributed by atoms with E-state index >= 15 is 0 Å². The Hall–Kier alpha value is -2.13. The summed E-state index contributed by atoms with van der Waals surface area (Å²) in [5.74, 6) is -2.02. The summed E-state index contributed by atoms with van der Waals surface area (Å²) in [5, 5.41) is 30.9. The van der Waals surface area contributed by atoms with Crippen LogP contribution >= 0.6 is 0 Å². The van der Waals surface area contributed by atoms with E-state index in [2.05, 4.69) is 50.3 Å². The number of rotatable bonds is 38. The molecule has 344 valence electrons. The van der Waals surface area contributed by atoms with Crippen LogP contribution in [-0.2, 0) is 38.7 Å². The molecule has 0 amide bonds. The standard InChI is InChI=1S/C46H82O12S/c1-3-5-7-9-11-13-15-17-18-19-20-21-23-24-26-28-30-32-34-41(47)55-36-39(37-56-46-45(51)44(50)43(49)40(58-46)38-59(52,53)54)57-42(48)35-33-31-29-27-25-22-16-14-12-10-8-6-4-2/h6,8,12,14,22,25,39-40,43-46,49-51H,3-5,7,9-11,13,15-21,23-24,26-38H2,1-2H3,(H,52,53,54)/b8-6-,14-12-,25-22-. The van der Waals surface area contributed by atoms with Crippen LogP contribution in [0.1, 0.15) is 187 Å². The van der Waals surface area contributed by atoms with Crippen LogP contribution in [0.5, 0.6) is 0 Å². The molecule has 12 nitrogen and oxygen atoms in total. The molecule has 1 aliphatic rings. The molecular weight excluding hydrogens is 777 g/mol. The van der Waals surface area contributed by atoms with E-state index in [1.807, 2.05) is 0 Å². The largest absolute Gasteiger partial charge is 0.462 e. The van der Waals surface area contributed by atoms with Crippen molar-refractivity contribution in [1.29, 1.82) is 0 Å². The zero-order chi connectivity index (χ0) is 43.4. The summed E-state index contributed by atoms with van der Waals surface area (Å²) in [6, 6.07) is 0. The van der Waals surface area contributed by atoms with Crippen molar-refractivity contribution in [2.75, 3.05) is 19.0 Å². The smallest absolute Gasteiger partial charge is 0.306 e. The molecule has 0 aromatic carbocycles. The third-order valence-electron chi connectivity index (χ3n) is 10.5. The number of aliphatic hydroxyl groups is 3. The first-order chi connectivity index (χ1) is 28.5. The number of unbranched alkanes of at least 4 members (excludes halogenated alkanes) is 20. The summed E-state index contributed by atoms with van der Waals surface area (Å²) in [6.07, 6.45) is 32.0. The molecule has 0 aliphatic carbocycles. The molecule has 4 N–H and O–H groups in total. The molecule has 0 saturated carbocycles. The topological polar surface area (TPSA) is 186 Å². The number of allylic oxidation sites excluding steroid dienone is 6. The average molecular weight is 859 g/mol. The van der Waals surface area contributed by atoms with Crippen LogP contribution in [0, 0.1) is 0 Å². The summed E-state index contributed by atoms with van der Waals surface area (Å²) in [7, 11) is -4.60. The Morgan fingerprint density at radius 2 is 1.07 bits per heavy atom. The molecule has 1 fully saturated rings. The van der Waals surface area contributed by atoms with Crippen LogP contribution < -0.4 is 0 Å². The van der Waals surface area contributed by atoms with Crippen LogP contribution in [0.25, 0.3) is 0 Å². The van der Waals surface area contributed by atoms with Gasteiger partial charge in [-0.25, -0.2) is 0 Å². The van der Waals surface area contributed by atoms with Crippen molar-refractivity contribution in [1.82, 2.24) is 0 Å². The summed E-state index contributed by atoms with van der Waals surface area (Å²) in [4.78, 5) is 25.4. The average Bonchev–Trinajstić information content (AvgIpc) is 3.20.